The maximum absolute atomic E-state index is 10.5. The van der Waals surface area contributed by atoms with Crippen molar-refractivity contribution in [3.8, 4) is 0 Å². The Kier molecular flexibility index (Phi) is 2.97. The van der Waals surface area contributed by atoms with E-state index in [9.17, 15) is 14.4 Å². The lowest BCUT2D eigenvalue weighted by molar-refractivity contribution is -0.137. The van der Waals surface area contributed by atoms with Crippen molar-refractivity contribution in [2.24, 2.45) is 5.73 Å². The summed E-state index contributed by atoms with van der Waals surface area (Å²) in [7, 11) is 0. The molecular formula is C6H7NO5. The van der Waals surface area contributed by atoms with Crippen LogP contribution in [0.15, 0.2) is 11.3 Å². The Morgan fingerprint density at radius 3 is 1.58 bits per heavy atom. The van der Waals surface area contributed by atoms with Gasteiger partial charge >= 0.3 is 11.9 Å². The number of hydrogen-bond donors (Lipinski definition) is 3. The van der Waals surface area contributed by atoms with Gasteiger partial charge in [0.05, 0.1) is 0 Å². The first kappa shape index (κ1) is 10.2. The van der Waals surface area contributed by atoms with E-state index >= 15 is 0 Å². The molecule has 0 unspecified atom stereocenters. The van der Waals surface area contributed by atoms with E-state index in [1.807, 2.05) is 0 Å². The number of carbonyl (C=O) groups excluding carboxylic acids is 1. The van der Waals surface area contributed by atoms with Crippen molar-refractivity contribution in [2.45, 2.75) is 6.92 Å². The van der Waals surface area contributed by atoms with Gasteiger partial charge in [-0.05, 0) is 6.92 Å². The number of hydrogen-bond acceptors (Lipinski definition) is 4. The third kappa shape index (κ3) is 2.08. The molecule has 12 heavy (non-hydrogen) atoms. The molecule has 0 aliphatic rings. The van der Waals surface area contributed by atoms with Crippen molar-refractivity contribution in [2.75, 3.05) is 0 Å². The maximum atomic E-state index is 10.5. The average molecular weight is 173 g/mol. The molecule has 66 valence electrons. The minimum absolute atomic E-state index is 0.887. The molecule has 6 nitrogen and oxygen atoms in total. The summed E-state index contributed by atoms with van der Waals surface area (Å²) in [6, 6.07) is 0. The highest BCUT2D eigenvalue weighted by Gasteiger charge is 2.21. The van der Waals surface area contributed by atoms with Gasteiger partial charge < -0.3 is 15.9 Å². The largest absolute Gasteiger partial charge is 0.477 e. The van der Waals surface area contributed by atoms with Gasteiger partial charge in [0, 0.05) is 0 Å². The van der Waals surface area contributed by atoms with E-state index in [1.165, 1.54) is 0 Å². The first-order valence-corrected chi connectivity index (χ1v) is 2.85. The quantitative estimate of drug-likeness (QED) is 0.285. The molecule has 0 aromatic rings. The SMILES string of the molecule is CC(=O)/C(C(=O)O)=C(\N)C(=O)O. The van der Waals surface area contributed by atoms with Crippen LogP contribution in [0.4, 0.5) is 0 Å². The fraction of sp³-hybridized carbons (Fsp3) is 0.167. The van der Waals surface area contributed by atoms with Gasteiger partial charge in [-0.1, -0.05) is 0 Å². The topological polar surface area (TPSA) is 118 Å². The van der Waals surface area contributed by atoms with Gasteiger partial charge in [-0.15, -0.1) is 0 Å². The zero-order valence-electron chi connectivity index (χ0n) is 6.20. The summed E-state index contributed by atoms with van der Waals surface area (Å²) >= 11 is 0. The molecule has 0 aliphatic carbocycles. The van der Waals surface area contributed by atoms with Crippen molar-refractivity contribution in [3.63, 3.8) is 0 Å². The molecule has 0 heterocycles. The van der Waals surface area contributed by atoms with E-state index in [4.69, 9.17) is 15.9 Å². The van der Waals surface area contributed by atoms with Gasteiger partial charge in [0.15, 0.2) is 5.78 Å². The van der Waals surface area contributed by atoms with E-state index in [0.29, 0.717) is 0 Å². The number of aliphatic carboxylic acids is 2. The summed E-state index contributed by atoms with van der Waals surface area (Å²) in [5.41, 5.74) is 2.99. The van der Waals surface area contributed by atoms with Gasteiger partial charge in [-0.25, -0.2) is 9.59 Å². The van der Waals surface area contributed by atoms with E-state index in [1.54, 1.807) is 0 Å². The molecule has 0 aliphatic heterocycles. The summed E-state index contributed by atoms with van der Waals surface area (Å²) in [6.45, 7) is 0.930. The van der Waals surface area contributed by atoms with E-state index < -0.39 is 29.0 Å². The fourth-order valence-electron chi connectivity index (χ4n) is 0.562. The Hall–Kier alpha value is -1.85. The van der Waals surface area contributed by atoms with Crippen LogP contribution in [0.3, 0.4) is 0 Å². The Balaban J connectivity index is 5.23. The molecule has 0 spiro atoms. The highest BCUT2D eigenvalue weighted by molar-refractivity contribution is 6.19. The van der Waals surface area contributed by atoms with Crippen LogP contribution in [-0.4, -0.2) is 27.9 Å². The predicted octanol–water partition coefficient (Wildman–Crippen LogP) is -1.04. The molecule has 0 rings (SSSR count). The molecule has 0 saturated heterocycles. The summed E-state index contributed by atoms with van der Waals surface area (Å²) in [5.74, 6) is -4.15. The molecule has 0 bridgehead atoms. The normalized spacial score (nSPS) is 11.8. The molecule has 6 heteroatoms. The Morgan fingerprint density at radius 2 is 1.50 bits per heavy atom. The van der Waals surface area contributed by atoms with Gasteiger partial charge in [-0.2, -0.15) is 0 Å². The number of nitrogens with two attached hydrogens (primary N) is 1. The Bertz CT molecular complexity index is 262. The molecule has 4 N–H and O–H groups in total. The molecule has 0 amide bonds. The van der Waals surface area contributed by atoms with Crippen LogP contribution in [0, 0.1) is 0 Å². The van der Waals surface area contributed by atoms with Crippen LogP contribution in [0.5, 0.6) is 0 Å². The predicted molar refractivity (Wildman–Crippen MR) is 37.2 cm³/mol. The molecule has 0 aromatic heterocycles. The zero-order chi connectivity index (χ0) is 9.89. The lowest BCUT2D eigenvalue weighted by atomic mass is 10.1. The van der Waals surface area contributed by atoms with Crippen LogP contribution in [0.2, 0.25) is 0 Å². The van der Waals surface area contributed by atoms with Gasteiger partial charge in [0.1, 0.15) is 11.3 Å². The zero-order valence-corrected chi connectivity index (χ0v) is 6.20. The second-order valence-corrected chi connectivity index (χ2v) is 1.96. The lowest BCUT2D eigenvalue weighted by Crippen LogP contribution is -2.21. The smallest absolute Gasteiger partial charge is 0.352 e. The number of carboxylic acids is 2. The van der Waals surface area contributed by atoms with Crippen LogP contribution in [0.1, 0.15) is 6.92 Å². The molecular weight excluding hydrogens is 166 g/mol. The van der Waals surface area contributed by atoms with E-state index in [0.717, 1.165) is 6.92 Å². The van der Waals surface area contributed by atoms with E-state index in [-0.39, 0.29) is 0 Å². The number of rotatable bonds is 3. The van der Waals surface area contributed by atoms with Crippen LogP contribution in [-0.2, 0) is 14.4 Å². The number of carbonyl (C=O) groups is 3. The molecule has 0 saturated carbocycles. The van der Waals surface area contributed by atoms with Crippen molar-refractivity contribution < 1.29 is 24.6 Å². The maximum Gasteiger partial charge on any atom is 0.352 e. The molecule has 0 radical (unpaired) electrons. The third-order valence-corrected chi connectivity index (χ3v) is 1.07. The minimum atomic E-state index is -1.64. The van der Waals surface area contributed by atoms with Crippen LogP contribution >= 0.6 is 0 Å². The second kappa shape index (κ2) is 3.51. The summed E-state index contributed by atoms with van der Waals surface area (Å²) in [4.78, 5) is 31.0. The van der Waals surface area contributed by atoms with Crippen LogP contribution < -0.4 is 5.73 Å². The minimum Gasteiger partial charge on any atom is -0.477 e. The average Bonchev–Trinajstić information content (AvgIpc) is 1.85. The monoisotopic (exact) mass is 173 g/mol. The number of carboxylic acid groups (broad SMARTS) is 2. The molecule has 0 fully saturated rings. The molecule has 0 atom stereocenters. The van der Waals surface area contributed by atoms with Gasteiger partial charge in [0.2, 0.25) is 0 Å². The van der Waals surface area contributed by atoms with E-state index in [2.05, 4.69) is 0 Å². The first-order valence-electron chi connectivity index (χ1n) is 2.85. The first-order chi connectivity index (χ1) is 5.37. The highest BCUT2D eigenvalue weighted by Crippen LogP contribution is 2.01. The molecule has 0 aromatic carbocycles. The lowest BCUT2D eigenvalue weighted by Gasteiger charge is -1.98. The standard InChI is InChI=1S/C6H7NO5/c1-2(8)3(5(9)10)4(7)6(11)12/h7H2,1H3,(H,9,10)(H,11,12)/b4-3+. The number of Topliss-reactive ketones (excluding diaryl/α,β-unsaturated/α-hetero) is 1. The van der Waals surface area contributed by atoms with Gasteiger partial charge in [0.25, 0.3) is 0 Å². The highest BCUT2D eigenvalue weighted by atomic mass is 16.4. The van der Waals surface area contributed by atoms with Crippen molar-refractivity contribution in [1.82, 2.24) is 0 Å². The fourth-order valence-corrected chi connectivity index (χ4v) is 0.562. The van der Waals surface area contributed by atoms with Crippen LogP contribution in [0.25, 0.3) is 0 Å². The Labute approximate surface area is 67.3 Å². The summed E-state index contributed by atoms with van der Waals surface area (Å²) in [6.07, 6.45) is 0. The Morgan fingerprint density at radius 1 is 1.08 bits per heavy atom. The summed E-state index contributed by atoms with van der Waals surface area (Å²) < 4.78 is 0. The van der Waals surface area contributed by atoms with Gasteiger partial charge in [-0.3, -0.25) is 4.79 Å². The van der Waals surface area contributed by atoms with Crippen molar-refractivity contribution in [3.05, 3.63) is 11.3 Å². The van der Waals surface area contributed by atoms with Crippen molar-refractivity contribution in [1.29, 1.82) is 0 Å². The third-order valence-electron chi connectivity index (χ3n) is 1.07. The number of ketones is 1. The van der Waals surface area contributed by atoms with Crippen molar-refractivity contribution >= 4 is 17.7 Å². The summed E-state index contributed by atoms with van der Waals surface area (Å²) in [5, 5.41) is 16.6. The second-order valence-electron chi connectivity index (χ2n) is 1.96.